The molecule has 1 aliphatic heterocycles. The predicted octanol–water partition coefficient (Wildman–Crippen LogP) is 6.08. The van der Waals surface area contributed by atoms with E-state index in [0.717, 1.165) is 23.1 Å². The number of benzene rings is 1. The highest BCUT2D eigenvalue weighted by atomic mass is 35.5. The Labute approximate surface area is 225 Å². The number of imide groups is 1. The summed E-state index contributed by atoms with van der Waals surface area (Å²) in [5.74, 6) is -3.73. The predicted molar refractivity (Wildman–Crippen MR) is 130 cm³/mol. The largest absolute Gasteiger partial charge is 0.443 e. The van der Waals surface area contributed by atoms with Gasteiger partial charge in [-0.2, -0.15) is 13.2 Å². The first-order valence-corrected chi connectivity index (χ1v) is 12.2. The molecule has 0 N–H and O–H groups in total. The molecule has 210 valence electrons. The fraction of sp³-hybridized carbons (Fsp3) is 0.440. The molecule has 8 nitrogen and oxygen atoms in total. The van der Waals surface area contributed by atoms with Crippen LogP contribution >= 0.6 is 11.6 Å². The van der Waals surface area contributed by atoms with Crippen molar-refractivity contribution >= 4 is 41.1 Å². The highest BCUT2D eigenvalue weighted by molar-refractivity contribution is 6.31. The fourth-order valence-corrected chi connectivity index (χ4v) is 4.30. The molecule has 14 heteroatoms. The molecule has 2 heterocycles. The van der Waals surface area contributed by atoms with Crippen molar-refractivity contribution in [1.82, 2.24) is 9.88 Å². The summed E-state index contributed by atoms with van der Waals surface area (Å²) < 4.78 is 74.8. The zero-order valence-electron chi connectivity index (χ0n) is 21.3. The molecule has 39 heavy (non-hydrogen) atoms. The molecule has 2 fully saturated rings. The number of pyridine rings is 1. The number of rotatable bonds is 4. The van der Waals surface area contributed by atoms with Gasteiger partial charge in [-0.3, -0.25) is 9.69 Å². The number of amides is 4. The van der Waals surface area contributed by atoms with Gasteiger partial charge in [0.05, 0.1) is 17.8 Å². The summed E-state index contributed by atoms with van der Waals surface area (Å²) in [4.78, 5) is 46.5. The molecule has 4 amide bonds. The van der Waals surface area contributed by atoms with Crippen molar-refractivity contribution in [2.45, 2.75) is 64.4 Å². The maximum atomic E-state index is 15.0. The molecule has 0 radical (unpaired) electrons. The number of hydrogen-bond acceptors (Lipinski definition) is 5. The van der Waals surface area contributed by atoms with Gasteiger partial charge in [0.25, 0.3) is 5.91 Å². The molecule has 1 aromatic carbocycles. The van der Waals surface area contributed by atoms with Gasteiger partial charge < -0.3 is 9.64 Å². The van der Waals surface area contributed by atoms with Gasteiger partial charge in [0.2, 0.25) is 0 Å². The van der Waals surface area contributed by atoms with Crippen LogP contribution in [0, 0.1) is 18.6 Å². The van der Waals surface area contributed by atoms with Gasteiger partial charge in [-0.15, -0.1) is 0 Å². The maximum Gasteiger partial charge on any atom is 0.418 e. The van der Waals surface area contributed by atoms with Crippen LogP contribution in [0.1, 0.15) is 44.9 Å². The standard InChI is InChI=1S/C25H24ClF5N4O4/c1-12-9-13(25(29,30)31)10-18(32-12)35-17(11-33(22(35)37)23(38)39-24(2,3)4)21(36)34(14-5-6-14)16-8-7-15(27)19(26)20(16)28/h7-10,14,17H,5-6,11H2,1-4H3/t17-/m0/s1. The third-order valence-electron chi connectivity index (χ3n) is 5.94. The number of nitrogens with zero attached hydrogens (tertiary/aromatic N) is 4. The number of alkyl halides is 3. The van der Waals surface area contributed by atoms with Crippen LogP contribution in [0.25, 0.3) is 0 Å². The van der Waals surface area contributed by atoms with Gasteiger partial charge in [-0.25, -0.2) is 28.3 Å². The van der Waals surface area contributed by atoms with Crippen LogP contribution in [-0.4, -0.2) is 52.1 Å². The Bertz CT molecular complexity index is 1340. The van der Waals surface area contributed by atoms with E-state index in [0.29, 0.717) is 28.7 Å². The molecule has 1 atom stereocenters. The second-order valence-corrected chi connectivity index (χ2v) is 10.6. The van der Waals surface area contributed by atoms with Gasteiger partial charge in [0.1, 0.15) is 28.3 Å². The molecule has 0 bridgehead atoms. The van der Waals surface area contributed by atoms with Gasteiger partial charge in [-0.05, 0) is 64.8 Å². The first-order valence-electron chi connectivity index (χ1n) is 11.9. The third kappa shape index (κ3) is 5.77. The number of aromatic nitrogens is 1. The van der Waals surface area contributed by atoms with Crippen molar-refractivity contribution in [3.63, 3.8) is 0 Å². The van der Waals surface area contributed by atoms with E-state index < -0.39 is 76.5 Å². The van der Waals surface area contributed by atoms with E-state index in [-0.39, 0.29) is 11.4 Å². The maximum absolute atomic E-state index is 15.0. The number of carbonyl (C=O) groups is 3. The monoisotopic (exact) mass is 574 g/mol. The van der Waals surface area contributed by atoms with Crippen LogP contribution in [0.15, 0.2) is 24.3 Å². The van der Waals surface area contributed by atoms with Crippen molar-refractivity contribution in [3.8, 4) is 0 Å². The highest BCUT2D eigenvalue weighted by Gasteiger charge is 2.51. The van der Waals surface area contributed by atoms with Crippen molar-refractivity contribution < 1.29 is 41.1 Å². The summed E-state index contributed by atoms with van der Waals surface area (Å²) in [6.07, 6.45) is -5.05. The number of ether oxygens (including phenoxy) is 1. The number of anilines is 2. The lowest BCUT2D eigenvalue weighted by molar-refractivity contribution is -0.137. The van der Waals surface area contributed by atoms with Crippen molar-refractivity contribution in [3.05, 3.63) is 52.2 Å². The van der Waals surface area contributed by atoms with E-state index in [2.05, 4.69) is 4.98 Å². The SMILES string of the molecule is Cc1cc(C(F)(F)F)cc(N2C(=O)N(C(=O)OC(C)(C)C)C[C@H]2C(=O)N(c2ccc(F)c(Cl)c2F)C2CC2)n1. The zero-order chi connectivity index (χ0) is 29.0. The van der Waals surface area contributed by atoms with Crippen LogP contribution in [0.4, 0.5) is 43.0 Å². The number of hydrogen-bond donors (Lipinski definition) is 0. The topological polar surface area (TPSA) is 83.1 Å². The molecular formula is C25H24ClF5N4O4. The summed E-state index contributed by atoms with van der Waals surface area (Å²) in [6.45, 7) is 5.27. The molecule has 1 saturated carbocycles. The average molecular weight is 575 g/mol. The average Bonchev–Trinajstić information content (AvgIpc) is 3.58. The molecule has 1 saturated heterocycles. The van der Waals surface area contributed by atoms with E-state index in [4.69, 9.17) is 16.3 Å². The van der Waals surface area contributed by atoms with Crippen LogP contribution in [-0.2, 0) is 15.7 Å². The number of urea groups is 1. The Morgan fingerprint density at radius 3 is 2.33 bits per heavy atom. The van der Waals surface area contributed by atoms with E-state index in [1.165, 1.54) is 6.92 Å². The normalized spacial score (nSPS) is 18.0. The van der Waals surface area contributed by atoms with Crippen LogP contribution < -0.4 is 9.80 Å². The van der Waals surface area contributed by atoms with Gasteiger partial charge in [-0.1, -0.05) is 11.6 Å². The number of carbonyl (C=O) groups excluding carboxylic acids is 3. The molecule has 2 aliphatic rings. The summed E-state index contributed by atoms with van der Waals surface area (Å²) in [5, 5.41) is -0.851. The van der Waals surface area contributed by atoms with Crippen LogP contribution in [0.2, 0.25) is 5.02 Å². The first-order chi connectivity index (χ1) is 18.0. The molecule has 0 unspecified atom stereocenters. The van der Waals surface area contributed by atoms with Crippen molar-refractivity contribution in [2.24, 2.45) is 0 Å². The second kappa shape index (κ2) is 9.92. The Balaban J connectivity index is 1.82. The minimum absolute atomic E-state index is 0.107. The Hall–Kier alpha value is -3.48. The molecule has 0 spiro atoms. The van der Waals surface area contributed by atoms with E-state index in [9.17, 15) is 31.9 Å². The summed E-state index contributed by atoms with van der Waals surface area (Å²) in [5.41, 5.74) is -2.64. The van der Waals surface area contributed by atoms with E-state index in [1.807, 2.05) is 0 Å². The Morgan fingerprint density at radius 1 is 1.13 bits per heavy atom. The van der Waals surface area contributed by atoms with Crippen LogP contribution in [0.3, 0.4) is 0 Å². The quantitative estimate of drug-likeness (QED) is 0.326. The minimum atomic E-state index is -4.80. The minimum Gasteiger partial charge on any atom is -0.443 e. The smallest absolute Gasteiger partial charge is 0.418 e. The molecule has 1 aliphatic carbocycles. The van der Waals surface area contributed by atoms with E-state index >= 15 is 4.39 Å². The fourth-order valence-electron chi connectivity index (χ4n) is 4.14. The third-order valence-corrected chi connectivity index (χ3v) is 6.29. The molecule has 1 aromatic heterocycles. The Kier molecular flexibility index (Phi) is 7.26. The summed E-state index contributed by atoms with van der Waals surface area (Å²) in [6, 6.07) is -0.0825. The molecule has 2 aromatic rings. The number of halogens is 6. The summed E-state index contributed by atoms with van der Waals surface area (Å²) in [7, 11) is 0. The zero-order valence-corrected chi connectivity index (χ0v) is 22.0. The Morgan fingerprint density at radius 2 is 1.77 bits per heavy atom. The highest BCUT2D eigenvalue weighted by Crippen LogP contribution is 2.39. The molecular weight excluding hydrogens is 551 g/mol. The van der Waals surface area contributed by atoms with E-state index in [1.54, 1.807) is 20.8 Å². The summed E-state index contributed by atoms with van der Waals surface area (Å²) >= 11 is 5.73. The lowest BCUT2D eigenvalue weighted by Gasteiger charge is -2.29. The van der Waals surface area contributed by atoms with Gasteiger partial charge in [0, 0.05) is 11.7 Å². The van der Waals surface area contributed by atoms with Gasteiger partial charge >= 0.3 is 18.3 Å². The number of aryl methyl sites for hydroxylation is 1. The van der Waals surface area contributed by atoms with Gasteiger partial charge in [0.15, 0.2) is 5.82 Å². The van der Waals surface area contributed by atoms with Crippen molar-refractivity contribution in [1.29, 1.82) is 0 Å². The second-order valence-electron chi connectivity index (χ2n) is 10.2. The van der Waals surface area contributed by atoms with Crippen molar-refractivity contribution in [2.75, 3.05) is 16.3 Å². The first kappa shape index (κ1) is 28.5. The molecule has 4 rings (SSSR count). The van der Waals surface area contributed by atoms with Crippen LogP contribution in [0.5, 0.6) is 0 Å². The lowest BCUT2D eigenvalue weighted by atomic mass is 10.1. The lowest BCUT2D eigenvalue weighted by Crippen LogP contribution is -2.49.